The van der Waals surface area contributed by atoms with Crippen LogP contribution in [0.1, 0.15) is 67.4 Å². The van der Waals surface area contributed by atoms with E-state index in [1.807, 2.05) is 84.9 Å². The van der Waals surface area contributed by atoms with Crippen LogP contribution in [-0.2, 0) is 28.9 Å². The molecule has 5 atom stereocenters. The highest BCUT2D eigenvalue weighted by Crippen LogP contribution is 2.56. The first kappa shape index (κ1) is 44.8. The van der Waals surface area contributed by atoms with Crippen LogP contribution < -0.4 is 14.8 Å². The minimum Gasteiger partial charge on any atom is -0.497 e. The van der Waals surface area contributed by atoms with Crippen LogP contribution in [-0.4, -0.2) is 94.0 Å². The summed E-state index contributed by atoms with van der Waals surface area (Å²) < 4.78 is 50.3. The van der Waals surface area contributed by atoms with Crippen LogP contribution >= 0.6 is 8.53 Å². The predicted octanol–water partition coefficient (Wildman–Crippen LogP) is 8.43. The number of aromatic nitrogens is 4. The minimum absolute atomic E-state index is 0.0116. The monoisotopic (exact) mass is 885 g/mol. The van der Waals surface area contributed by atoms with Gasteiger partial charge in [-0.05, 0) is 80.8 Å². The molecule has 8 rings (SSSR count). The molecular weight excluding hydrogens is 834 g/mol. The summed E-state index contributed by atoms with van der Waals surface area (Å²) >= 11 is 0. The largest absolute Gasteiger partial charge is 0.497 e. The molecule has 4 heterocycles. The van der Waals surface area contributed by atoms with E-state index in [1.165, 1.54) is 6.33 Å². The summed E-state index contributed by atoms with van der Waals surface area (Å²) in [4.78, 5) is 27.0. The van der Waals surface area contributed by atoms with E-state index in [1.54, 1.807) is 49.4 Å². The Bertz CT molecular complexity index is 2480. The number of nitriles is 1. The van der Waals surface area contributed by atoms with Crippen molar-refractivity contribution < 1.29 is 37.5 Å². The lowest BCUT2D eigenvalue weighted by molar-refractivity contribution is -0.202. The fourth-order valence-electron chi connectivity index (χ4n) is 8.47. The Morgan fingerprint density at radius 3 is 2.09 bits per heavy atom. The van der Waals surface area contributed by atoms with Crippen molar-refractivity contribution in [2.24, 2.45) is 0 Å². The predicted molar refractivity (Wildman–Crippen MR) is 241 cm³/mol. The Morgan fingerprint density at radius 1 is 0.891 bits per heavy atom. The summed E-state index contributed by atoms with van der Waals surface area (Å²) in [6.07, 6.45) is 0.930. The highest BCUT2D eigenvalue weighted by molar-refractivity contribution is 7.44. The number of carbonyl (C=O) groups excluding carboxylic acids is 1. The number of carbonyl (C=O) groups is 1. The Morgan fingerprint density at radius 2 is 1.50 bits per heavy atom. The van der Waals surface area contributed by atoms with Crippen LogP contribution in [0.5, 0.6) is 11.5 Å². The Balaban J connectivity index is 1.23. The molecule has 0 radical (unpaired) electrons. The van der Waals surface area contributed by atoms with Crippen LogP contribution in [0.25, 0.3) is 11.2 Å². The van der Waals surface area contributed by atoms with Gasteiger partial charge in [0.2, 0.25) is 0 Å². The molecule has 0 aliphatic carbocycles. The van der Waals surface area contributed by atoms with Crippen molar-refractivity contribution in [2.75, 3.05) is 39.4 Å². The number of fused-ring (bicyclic) bond motifs is 3. The Labute approximate surface area is 374 Å². The van der Waals surface area contributed by atoms with E-state index in [4.69, 9.17) is 37.7 Å². The molecule has 15 nitrogen and oxygen atoms in total. The zero-order valence-electron chi connectivity index (χ0n) is 36.7. The maximum atomic E-state index is 13.3. The van der Waals surface area contributed by atoms with E-state index in [-0.39, 0.29) is 50.1 Å². The number of imidazole rings is 1. The summed E-state index contributed by atoms with van der Waals surface area (Å²) in [7, 11) is 1.52. The molecule has 2 aliphatic rings. The molecular formula is C48H52N7O8P. The van der Waals surface area contributed by atoms with Gasteiger partial charge in [-0.25, -0.2) is 19.6 Å². The summed E-state index contributed by atoms with van der Waals surface area (Å²) in [5, 5.41) is 12.4. The molecule has 0 saturated carbocycles. The van der Waals surface area contributed by atoms with Gasteiger partial charge in [0.25, 0.3) is 14.4 Å². The fraction of sp³-hybridized carbons (Fsp3) is 0.354. The first-order chi connectivity index (χ1) is 31.1. The molecule has 332 valence electrons. The van der Waals surface area contributed by atoms with Crippen molar-refractivity contribution in [3.8, 4) is 17.6 Å². The van der Waals surface area contributed by atoms with Crippen LogP contribution in [0.2, 0.25) is 0 Å². The smallest absolute Gasteiger partial charge is 0.259 e. The number of anilines is 1. The number of ether oxygens (including phenoxy) is 5. The molecule has 6 aromatic rings. The number of nitrogens with one attached hydrogen (secondary N) is 1. The van der Waals surface area contributed by atoms with E-state index >= 15 is 0 Å². The van der Waals surface area contributed by atoms with Gasteiger partial charge in [-0.2, -0.15) is 5.26 Å². The molecule has 1 amide bonds. The van der Waals surface area contributed by atoms with Gasteiger partial charge in [0.15, 0.2) is 23.2 Å². The molecule has 2 fully saturated rings. The van der Waals surface area contributed by atoms with Crippen LogP contribution in [0.15, 0.2) is 122 Å². The molecule has 2 bridgehead atoms. The Kier molecular flexibility index (Phi) is 13.6. The maximum absolute atomic E-state index is 13.3. The molecule has 2 saturated heterocycles. The third-order valence-electron chi connectivity index (χ3n) is 11.4. The van der Waals surface area contributed by atoms with Crippen LogP contribution in [0.3, 0.4) is 0 Å². The van der Waals surface area contributed by atoms with Gasteiger partial charge in [0.05, 0.1) is 52.9 Å². The van der Waals surface area contributed by atoms with E-state index in [0.717, 1.165) is 16.7 Å². The summed E-state index contributed by atoms with van der Waals surface area (Å²) in [6.45, 7) is 8.65. The summed E-state index contributed by atoms with van der Waals surface area (Å²) in [5.74, 6) is 1.31. The third-order valence-corrected chi connectivity index (χ3v) is 13.6. The fourth-order valence-corrected chi connectivity index (χ4v) is 10.3. The van der Waals surface area contributed by atoms with Crippen molar-refractivity contribution in [1.82, 2.24) is 24.2 Å². The molecule has 64 heavy (non-hydrogen) atoms. The molecule has 16 heteroatoms. The number of nitrogens with zero attached hydrogens (tertiary/aromatic N) is 6. The number of hydrogen-bond donors (Lipinski definition) is 1. The van der Waals surface area contributed by atoms with Crippen molar-refractivity contribution in [3.63, 3.8) is 0 Å². The SMILES string of the molecule is COc1ccc(C(OC[C@@]23CO[C@H](C(n4cnc5c(NC(=O)c6ccccc6)ncnc54)O2)C3OP(OCCC#N)N(C(C)C)C(C)C)(c2ccccc2)c2ccc(OC)cc2)cc1. The quantitative estimate of drug-likeness (QED) is 0.0469. The minimum atomic E-state index is -1.76. The van der Waals surface area contributed by atoms with Crippen LogP contribution in [0, 0.1) is 11.3 Å². The number of methoxy groups -OCH3 is 2. The second-order valence-electron chi connectivity index (χ2n) is 16.1. The van der Waals surface area contributed by atoms with Gasteiger partial charge in [-0.1, -0.05) is 72.8 Å². The van der Waals surface area contributed by atoms with Crippen molar-refractivity contribution in [3.05, 3.63) is 144 Å². The molecule has 2 aromatic heterocycles. The second-order valence-corrected chi connectivity index (χ2v) is 17.5. The molecule has 2 aliphatic heterocycles. The van der Waals surface area contributed by atoms with Crippen molar-refractivity contribution >= 4 is 31.4 Å². The highest BCUT2D eigenvalue weighted by atomic mass is 31.2. The van der Waals surface area contributed by atoms with Crippen molar-refractivity contribution in [1.29, 1.82) is 5.26 Å². The zero-order valence-corrected chi connectivity index (χ0v) is 37.6. The first-order valence-electron chi connectivity index (χ1n) is 21.2. The van der Waals surface area contributed by atoms with E-state index in [0.29, 0.717) is 28.2 Å². The zero-order chi connectivity index (χ0) is 44.8. The normalized spacial score (nSPS) is 19.9. The maximum Gasteiger partial charge on any atom is 0.259 e. The first-order valence-corrected chi connectivity index (χ1v) is 22.3. The Hall–Kier alpha value is -5.82. The highest BCUT2D eigenvalue weighted by Gasteiger charge is 2.65. The van der Waals surface area contributed by atoms with E-state index in [9.17, 15) is 10.1 Å². The van der Waals surface area contributed by atoms with Crippen molar-refractivity contribution in [2.45, 2.75) is 75.8 Å². The number of rotatable bonds is 19. The molecule has 3 unspecified atom stereocenters. The number of hydrogen-bond acceptors (Lipinski definition) is 13. The van der Waals surface area contributed by atoms with Gasteiger partial charge in [0.1, 0.15) is 41.2 Å². The van der Waals surface area contributed by atoms with Crippen LogP contribution in [0.4, 0.5) is 5.82 Å². The average molecular weight is 886 g/mol. The van der Waals surface area contributed by atoms with Gasteiger partial charge >= 0.3 is 0 Å². The number of amides is 1. The molecule has 1 N–H and O–H groups in total. The van der Waals surface area contributed by atoms with E-state index < -0.39 is 38.2 Å². The van der Waals surface area contributed by atoms with Gasteiger partial charge in [-0.15, -0.1) is 0 Å². The van der Waals surface area contributed by atoms with Gasteiger partial charge < -0.3 is 38.0 Å². The summed E-state index contributed by atoms with van der Waals surface area (Å²) in [6, 6.07) is 36.9. The molecule has 0 spiro atoms. The lowest BCUT2D eigenvalue weighted by Crippen LogP contribution is -2.49. The lowest BCUT2D eigenvalue weighted by Gasteiger charge is -2.41. The number of benzene rings is 4. The van der Waals surface area contributed by atoms with Gasteiger partial charge in [-0.3, -0.25) is 9.36 Å². The molecule has 4 aromatic carbocycles. The second kappa shape index (κ2) is 19.5. The third kappa shape index (κ3) is 8.71. The summed E-state index contributed by atoms with van der Waals surface area (Å²) in [5.41, 5.74) is 1.42. The van der Waals surface area contributed by atoms with Gasteiger partial charge in [0, 0.05) is 17.6 Å². The standard InChI is InChI=1S/C48H52N7O8P/c1-32(2)55(33(3)4)64(61-27-13-26-49)63-42-41-46(54-31-52-40-43(50-30-51-44(40)54)53-45(56)34-14-9-7-10-15-34)62-47(42,28-59-41)29-60-48(35-16-11-8-12-17-35,36-18-22-38(57-5)23-19-36)37-20-24-39(58-6)25-21-37/h7-12,14-25,30-33,41-42,46H,13,27-29H2,1-6H3,(H,50,51,53,56)/t41-,42?,46?,47+,64?/m0/s1. The lowest BCUT2D eigenvalue weighted by atomic mass is 9.79. The van der Waals surface area contributed by atoms with E-state index in [2.05, 4.69) is 53.7 Å². The average Bonchev–Trinajstić information content (AvgIpc) is 4.00. The topological polar surface area (TPSA) is 164 Å².